The first-order valence-corrected chi connectivity index (χ1v) is 9.89. The molecule has 148 valence electrons. The van der Waals surface area contributed by atoms with Crippen molar-refractivity contribution in [3.63, 3.8) is 0 Å². The van der Waals surface area contributed by atoms with Gasteiger partial charge in [0.1, 0.15) is 0 Å². The van der Waals surface area contributed by atoms with E-state index in [-0.39, 0.29) is 17.8 Å². The number of nitrogens with zero attached hydrogens (tertiary/aromatic N) is 2. The summed E-state index contributed by atoms with van der Waals surface area (Å²) >= 11 is 0. The van der Waals surface area contributed by atoms with Gasteiger partial charge in [-0.2, -0.15) is 4.98 Å². The predicted octanol–water partition coefficient (Wildman–Crippen LogP) is 6.04. The number of fused-ring (bicyclic) bond motifs is 4. The van der Waals surface area contributed by atoms with Crippen LogP contribution in [0.1, 0.15) is 15.9 Å². The molecule has 0 unspecified atom stereocenters. The lowest BCUT2D eigenvalue weighted by Gasteiger charge is -2.07. The van der Waals surface area contributed by atoms with Gasteiger partial charge in [0.05, 0.1) is 11.3 Å². The summed E-state index contributed by atoms with van der Waals surface area (Å²) < 4.78 is 5.73. The highest BCUT2D eigenvalue weighted by Crippen LogP contribution is 2.35. The fraction of sp³-hybridized carbons (Fsp3) is 0. The van der Waals surface area contributed by atoms with Crippen molar-refractivity contribution in [2.75, 3.05) is 10.6 Å². The number of rotatable bonds is 2. The summed E-state index contributed by atoms with van der Waals surface area (Å²) in [6, 6.07) is 26.0. The normalized spacial score (nSPS) is 13.0. The van der Waals surface area contributed by atoms with Crippen LogP contribution in [0.4, 0.5) is 23.4 Å². The van der Waals surface area contributed by atoms with Crippen molar-refractivity contribution < 1.29 is 9.21 Å². The van der Waals surface area contributed by atoms with Crippen molar-refractivity contribution in [3.8, 4) is 0 Å². The first-order chi connectivity index (χ1) is 15.3. The van der Waals surface area contributed by atoms with E-state index in [2.05, 4.69) is 50.9 Å². The van der Waals surface area contributed by atoms with E-state index in [4.69, 9.17) is 4.42 Å². The summed E-state index contributed by atoms with van der Waals surface area (Å²) in [6.45, 7) is 0. The lowest BCUT2D eigenvalue weighted by atomic mass is 9.97. The smallest absolute Gasteiger partial charge is 0.325 e. The van der Waals surface area contributed by atoms with Gasteiger partial charge in [-0.15, -0.1) is 0 Å². The number of oxazole rings is 1. The molecule has 1 aliphatic heterocycles. The lowest BCUT2D eigenvalue weighted by Crippen LogP contribution is -2.10. The van der Waals surface area contributed by atoms with Gasteiger partial charge in [-0.05, 0) is 39.7 Å². The maximum Gasteiger partial charge on any atom is 0.325 e. The Morgan fingerprint density at radius 2 is 1.52 bits per heavy atom. The molecule has 31 heavy (non-hydrogen) atoms. The van der Waals surface area contributed by atoms with Crippen molar-refractivity contribution in [2.45, 2.75) is 0 Å². The van der Waals surface area contributed by atoms with Crippen LogP contribution in [-0.4, -0.2) is 17.1 Å². The van der Waals surface area contributed by atoms with Gasteiger partial charge in [0, 0.05) is 11.8 Å². The number of hydrogen-bond donors (Lipinski definition) is 2. The number of carbonyl (C=O) groups excluding carboxylic acids is 1. The van der Waals surface area contributed by atoms with Gasteiger partial charge in [-0.1, -0.05) is 60.7 Å². The summed E-state index contributed by atoms with van der Waals surface area (Å²) in [5, 5.41) is 10.4. The van der Waals surface area contributed by atoms with E-state index in [1.165, 1.54) is 0 Å². The van der Waals surface area contributed by atoms with Crippen LogP contribution in [-0.2, 0) is 0 Å². The third-order valence-electron chi connectivity index (χ3n) is 5.38. The fourth-order valence-electron chi connectivity index (χ4n) is 3.93. The number of carbonyl (C=O) groups is 1. The number of amides is 1. The van der Waals surface area contributed by atoms with E-state index < -0.39 is 0 Å². The second-order valence-electron chi connectivity index (χ2n) is 7.29. The van der Waals surface area contributed by atoms with Crippen molar-refractivity contribution in [3.05, 3.63) is 90.0 Å². The molecule has 5 aromatic rings. The van der Waals surface area contributed by atoms with Gasteiger partial charge in [0.15, 0.2) is 5.82 Å². The number of benzene rings is 4. The minimum Gasteiger partial charge on any atom is -0.403 e. The monoisotopic (exact) mass is 404 g/mol. The van der Waals surface area contributed by atoms with E-state index >= 15 is 0 Å². The molecule has 2 heterocycles. The summed E-state index contributed by atoms with van der Waals surface area (Å²) in [6.07, 6.45) is 1.77. The van der Waals surface area contributed by atoms with Gasteiger partial charge in [0.25, 0.3) is 5.91 Å². The van der Waals surface area contributed by atoms with Crippen LogP contribution >= 0.6 is 0 Å². The molecule has 0 atom stereocenters. The first-order valence-electron chi connectivity index (χ1n) is 9.89. The van der Waals surface area contributed by atoms with Crippen LogP contribution in [0.5, 0.6) is 0 Å². The Morgan fingerprint density at radius 3 is 2.29 bits per heavy atom. The Morgan fingerprint density at radius 1 is 0.839 bits per heavy atom. The maximum atomic E-state index is 12.5. The molecule has 4 aromatic carbocycles. The molecule has 1 aliphatic rings. The Labute approximate surface area is 177 Å². The van der Waals surface area contributed by atoms with E-state index in [1.807, 2.05) is 42.5 Å². The highest BCUT2D eigenvalue weighted by atomic mass is 16.4. The van der Waals surface area contributed by atoms with Gasteiger partial charge in [-0.25, -0.2) is 4.99 Å². The number of hydrogen-bond acceptors (Lipinski definition) is 5. The molecular formula is C25H16N4O2. The molecule has 1 aromatic heterocycles. The number of aromatic nitrogens is 1. The minimum atomic E-state index is -0.256. The molecule has 1 amide bonds. The van der Waals surface area contributed by atoms with E-state index in [0.29, 0.717) is 17.1 Å². The molecule has 0 saturated heterocycles. The van der Waals surface area contributed by atoms with Crippen molar-refractivity contribution in [1.82, 2.24) is 4.98 Å². The number of anilines is 3. The molecule has 0 fully saturated rings. The number of nitrogens with one attached hydrogen (secondary N) is 2. The van der Waals surface area contributed by atoms with Crippen LogP contribution in [0, 0.1) is 0 Å². The van der Waals surface area contributed by atoms with Crippen LogP contribution in [0.25, 0.3) is 21.5 Å². The van der Waals surface area contributed by atoms with Crippen molar-refractivity contribution in [2.24, 2.45) is 4.99 Å². The van der Waals surface area contributed by atoms with Crippen LogP contribution in [0.15, 0.2) is 88.3 Å². The second kappa shape index (κ2) is 6.81. The molecular weight excluding hydrogens is 388 g/mol. The summed E-state index contributed by atoms with van der Waals surface area (Å²) in [7, 11) is 0. The van der Waals surface area contributed by atoms with Crippen molar-refractivity contribution in [1.29, 1.82) is 0 Å². The predicted molar refractivity (Wildman–Crippen MR) is 123 cm³/mol. The van der Waals surface area contributed by atoms with Gasteiger partial charge in [-0.3, -0.25) is 10.1 Å². The Bertz CT molecular complexity index is 1460. The van der Waals surface area contributed by atoms with E-state index in [0.717, 1.165) is 27.1 Å². The first kappa shape index (κ1) is 17.4. The Balaban J connectivity index is 1.44. The quantitative estimate of drug-likeness (QED) is 0.278. The molecule has 0 spiro atoms. The zero-order valence-electron chi connectivity index (χ0n) is 16.3. The molecule has 6 nitrogen and oxygen atoms in total. The highest BCUT2D eigenvalue weighted by Gasteiger charge is 2.23. The SMILES string of the molecule is O=C1Nc2oc(N=Cc3c4ccccc4cc4ccccc34)nc2Nc2ccccc21. The lowest BCUT2D eigenvalue weighted by molar-refractivity contribution is 0.102. The largest absolute Gasteiger partial charge is 0.403 e. The summed E-state index contributed by atoms with van der Waals surface area (Å²) in [5.74, 6) is 0.415. The molecule has 0 radical (unpaired) electrons. The average Bonchev–Trinajstić information content (AvgIpc) is 3.11. The molecule has 0 bridgehead atoms. The third kappa shape index (κ3) is 2.93. The average molecular weight is 404 g/mol. The highest BCUT2D eigenvalue weighted by molar-refractivity contribution is 6.14. The second-order valence-corrected chi connectivity index (χ2v) is 7.29. The van der Waals surface area contributed by atoms with E-state index in [9.17, 15) is 4.79 Å². The Hall–Kier alpha value is -4.45. The Kier molecular flexibility index (Phi) is 3.83. The fourth-order valence-corrected chi connectivity index (χ4v) is 3.93. The van der Waals surface area contributed by atoms with E-state index in [1.54, 1.807) is 12.3 Å². The van der Waals surface area contributed by atoms with Crippen LogP contribution in [0.3, 0.4) is 0 Å². The van der Waals surface area contributed by atoms with Crippen molar-refractivity contribution >= 4 is 57.1 Å². The maximum absolute atomic E-state index is 12.5. The van der Waals surface area contributed by atoms with Crippen LogP contribution < -0.4 is 10.6 Å². The van der Waals surface area contributed by atoms with Gasteiger partial charge in [0.2, 0.25) is 5.88 Å². The minimum absolute atomic E-state index is 0.161. The number of aliphatic imine (C=N–C) groups is 1. The zero-order valence-corrected chi connectivity index (χ0v) is 16.3. The van der Waals surface area contributed by atoms with Gasteiger partial charge >= 0.3 is 6.01 Å². The summed E-state index contributed by atoms with van der Waals surface area (Å²) in [4.78, 5) is 21.4. The molecule has 0 saturated carbocycles. The van der Waals surface area contributed by atoms with Crippen LogP contribution in [0.2, 0.25) is 0 Å². The zero-order chi connectivity index (χ0) is 20.8. The molecule has 0 aliphatic carbocycles. The number of para-hydroxylation sites is 1. The summed E-state index contributed by atoms with van der Waals surface area (Å²) in [5.41, 5.74) is 2.19. The molecule has 6 rings (SSSR count). The molecule has 2 N–H and O–H groups in total. The third-order valence-corrected chi connectivity index (χ3v) is 5.38. The van der Waals surface area contributed by atoms with Gasteiger partial charge < -0.3 is 9.73 Å². The topological polar surface area (TPSA) is 79.5 Å². The standard InChI is InChI=1S/C25H16N4O2/c30-23-19-11-5-6-12-21(19)27-22-24(29-23)31-25(28-22)26-14-20-17-9-3-1-7-15(17)13-16-8-2-4-10-18(16)20/h1-14,27H,(H,29,30). The molecule has 6 heteroatoms.